The Kier molecular flexibility index (Phi) is 14.2. The molecule has 0 nitrogen and oxygen atoms in total. The molecule has 0 bridgehead atoms. The smallest absolute Gasteiger partial charge is 0 e. The van der Waals surface area contributed by atoms with Crippen molar-refractivity contribution in [2.45, 2.75) is 197 Å². The summed E-state index contributed by atoms with van der Waals surface area (Å²) in [4.78, 5) is 0. The molecule has 4 saturated carbocycles. The predicted octanol–water partition coefficient (Wildman–Crippen LogP) is 11.7. The van der Waals surface area contributed by atoms with Crippen molar-refractivity contribution < 1.29 is 17.1 Å². The summed E-state index contributed by atoms with van der Waals surface area (Å²) in [6.45, 7) is 18.0. The fourth-order valence-corrected chi connectivity index (χ4v) is 19.1. The van der Waals surface area contributed by atoms with Crippen LogP contribution in [0.15, 0.2) is 0 Å². The molecule has 0 N–H and O–H groups in total. The van der Waals surface area contributed by atoms with Crippen LogP contribution in [-0.2, 0) is 17.1 Å². The zero-order valence-electron chi connectivity index (χ0n) is 24.9. The molecule has 3 heteroatoms. The van der Waals surface area contributed by atoms with Gasteiger partial charge in [-0.15, -0.1) is 0 Å². The molecule has 0 spiro atoms. The summed E-state index contributed by atoms with van der Waals surface area (Å²) in [5.41, 5.74) is 4.32. The maximum Gasteiger partial charge on any atom is 0 e. The van der Waals surface area contributed by atoms with Crippen molar-refractivity contribution in [1.29, 1.82) is 0 Å². The van der Waals surface area contributed by atoms with Crippen molar-refractivity contribution in [2.75, 3.05) is 0 Å². The molecule has 4 rings (SSSR count). The van der Waals surface area contributed by atoms with Crippen LogP contribution in [0.1, 0.15) is 164 Å². The van der Waals surface area contributed by atoms with Gasteiger partial charge in [0.1, 0.15) is 0 Å². The second-order valence-electron chi connectivity index (χ2n) is 14.4. The SMILES string of the molecule is C1CCCC1.C[C@H](C1CCCC1P(C1CCCCC1)C1CCCCC1)P(C(C)(C)C)C(C)(C)C.[Fe]. The standard InChI is InChI=1S/C27H52P2.C5H10.Fe/c1-21(29(26(2,3)4)27(5,6)7)24-19-14-20-25(24)28(22-15-10-8-11-16-22)23-17-12-9-13-18-23;1-2-4-5-3-1;/h21-25H,8-20H2,1-7H3;1-5H2;/t21-,24?,25?;;/m1../s1. The van der Waals surface area contributed by atoms with Gasteiger partial charge in [-0.1, -0.05) is 141 Å². The van der Waals surface area contributed by atoms with E-state index in [-0.39, 0.29) is 32.9 Å². The fraction of sp³-hybridized carbons (Fsp3) is 1.00. The Morgan fingerprint density at radius 2 is 0.886 bits per heavy atom. The quantitative estimate of drug-likeness (QED) is 0.230. The van der Waals surface area contributed by atoms with Crippen LogP contribution in [0.5, 0.6) is 0 Å². The molecule has 0 aromatic rings. The molecule has 0 amide bonds. The van der Waals surface area contributed by atoms with Gasteiger partial charge in [-0.2, -0.15) is 0 Å². The van der Waals surface area contributed by atoms with Gasteiger partial charge in [0.25, 0.3) is 0 Å². The van der Waals surface area contributed by atoms with Gasteiger partial charge in [-0.3, -0.25) is 0 Å². The van der Waals surface area contributed by atoms with Crippen LogP contribution in [0.3, 0.4) is 0 Å². The van der Waals surface area contributed by atoms with E-state index in [9.17, 15) is 0 Å². The molecule has 208 valence electrons. The molecule has 0 aromatic carbocycles. The maximum absolute atomic E-state index is 2.71. The summed E-state index contributed by atoms with van der Waals surface area (Å²) in [5.74, 6) is 1.04. The first-order valence-electron chi connectivity index (χ1n) is 15.7. The Labute approximate surface area is 235 Å². The van der Waals surface area contributed by atoms with Crippen molar-refractivity contribution in [3.8, 4) is 0 Å². The van der Waals surface area contributed by atoms with Gasteiger partial charge in [-0.25, -0.2) is 0 Å². The first-order valence-corrected chi connectivity index (χ1v) is 18.6. The molecule has 4 fully saturated rings. The van der Waals surface area contributed by atoms with E-state index in [0.29, 0.717) is 10.3 Å². The van der Waals surface area contributed by atoms with Crippen molar-refractivity contribution in [3.05, 3.63) is 0 Å². The fourth-order valence-electron chi connectivity index (χ4n) is 8.80. The summed E-state index contributed by atoms with van der Waals surface area (Å²) in [6, 6.07) is 0. The minimum absolute atomic E-state index is 0. The van der Waals surface area contributed by atoms with Gasteiger partial charge < -0.3 is 0 Å². The van der Waals surface area contributed by atoms with E-state index in [2.05, 4.69) is 48.5 Å². The average Bonchev–Trinajstić information content (AvgIpc) is 3.49. The average molecular weight is 565 g/mol. The van der Waals surface area contributed by atoms with Gasteiger partial charge in [0, 0.05) is 17.1 Å². The van der Waals surface area contributed by atoms with E-state index >= 15 is 0 Å². The van der Waals surface area contributed by atoms with Crippen molar-refractivity contribution in [2.24, 2.45) is 5.92 Å². The van der Waals surface area contributed by atoms with Gasteiger partial charge in [0.15, 0.2) is 0 Å². The second kappa shape index (κ2) is 15.2. The molecule has 0 aliphatic heterocycles. The zero-order valence-corrected chi connectivity index (χ0v) is 27.8. The first kappa shape index (κ1) is 32.6. The predicted molar refractivity (Wildman–Crippen MR) is 161 cm³/mol. The monoisotopic (exact) mass is 564 g/mol. The van der Waals surface area contributed by atoms with Crippen LogP contribution in [0.25, 0.3) is 0 Å². The molecule has 0 heterocycles. The Bertz CT molecular complexity index is 521. The third-order valence-electron chi connectivity index (χ3n) is 9.63. The molecule has 35 heavy (non-hydrogen) atoms. The topological polar surface area (TPSA) is 0 Å². The van der Waals surface area contributed by atoms with Gasteiger partial charge in [0.2, 0.25) is 0 Å². The number of hydrogen-bond donors (Lipinski definition) is 0. The summed E-state index contributed by atoms with van der Waals surface area (Å²) < 4.78 is 0. The summed E-state index contributed by atoms with van der Waals surface area (Å²) in [5, 5.41) is 0.942. The van der Waals surface area contributed by atoms with Gasteiger partial charge >= 0.3 is 0 Å². The Morgan fingerprint density at radius 3 is 1.26 bits per heavy atom. The number of hydrogen-bond acceptors (Lipinski definition) is 0. The van der Waals surface area contributed by atoms with Crippen LogP contribution in [0.2, 0.25) is 0 Å². The van der Waals surface area contributed by atoms with Gasteiger partial charge in [-0.05, 0) is 77.4 Å². The largest absolute Gasteiger partial charge is 0.0968 e. The maximum atomic E-state index is 2.71. The first-order chi connectivity index (χ1) is 16.1. The Morgan fingerprint density at radius 1 is 0.514 bits per heavy atom. The summed E-state index contributed by atoms with van der Waals surface area (Å²) in [7, 11) is 0.253. The molecule has 3 atom stereocenters. The van der Waals surface area contributed by atoms with Crippen LogP contribution in [0, 0.1) is 5.92 Å². The summed E-state index contributed by atoms with van der Waals surface area (Å²) in [6.07, 6.45) is 27.7. The molecule has 2 unspecified atom stereocenters. The minimum atomic E-state index is 0. The normalized spacial score (nSPS) is 28.0. The van der Waals surface area contributed by atoms with Crippen molar-refractivity contribution in [3.63, 3.8) is 0 Å². The van der Waals surface area contributed by atoms with Gasteiger partial charge in [0.05, 0.1) is 0 Å². The van der Waals surface area contributed by atoms with E-state index in [1.54, 1.807) is 64.2 Å². The van der Waals surface area contributed by atoms with Crippen LogP contribution in [0.4, 0.5) is 0 Å². The molecule has 4 aliphatic carbocycles. The third-order valence-corrected chi connectivity index (χ3v) is 17.8. The van der Waals surface area contributed by atoms with E-state index < -0.39 is 0 Å². The Hall–Kier alpha value is 1.38. The van der Waals surface area contributed by atoms with Crippen LogP contribution in [-0.4, -0.2) is 32.9 Å². The Balaban J connectivity index is 0.000000640. The molecular formula is C32H62FeP2. The summed E-state index contributed by atoms with van der Waals surface area (Å²) >= 11 is 0. The molecule has 0 aromatic heterocycles. The van der Waals surface area contributed by atoms with Crippen molar-refractivity contribution >= 4 is 15.8 Å². The minimum Gasteiger partial charge on any atom is -0.0968 e. The molecule has 0 radical (unpaired) electrons. The molecule has 0 saturated heterocycles. The van der Waals surface area contributed by atoms with E-state index in [0.717, 1.165) is 28.6 Å². The van der Waals surface area contributed by atoms with E-state index in [4.69, 9.17) is 0 Å². The van der Waals surface area contributed by atoms with Crippen LogP contribution < -0.4 is 0 Å². The molecule has 4 aliphatic rings. The van der Waals surface area contributed by atoms with Crippen LogP contribution >= 0.6 is 15.8 Å². The van der Waals surface area contributed by atoms with E-state index in [1.807, 2.05) is 0 Å². The van der Waals surface area contributed by atoms with E-state index in [1.165, 1.54) is 51.4 Å². The van der Waals surface area contributed by atoms with Crippen molar-refractivity contribution in [1.82, 2.24) is 0 Å². The zero-order chi connectivity index (χ0) is 24.8. The molecular weight excluding hydrogens is 502 g/mol. The second-order valence-corrected chi connectivity index (χ2v) is 21.7. The number of rotatable bonds is 5. The third kappa shape index (κ3) is 9.51.